The summed E-state index contributed by atoms with van der Waals surface area (Å²) in [4.78, 5) is 24.6. The second-order valence-electron chi connectivity index (χ2n) is 3.85. The zero-order valence-electron chi connectivity index (χ0n) is 9.32. The molecule has 0 aliphatic heterocycles. The molecule has 0 saturated heterocycles. The summed E-state index contributed by atoms with van der Waals surface area (Å²) in [6.07, 6.45) is 2.90. The van der Waals surface area contributed by atoms with Gasteiger partial charge in [0.05, 0.1) is 6.61 Å². The third-order valence-corrected chi connectivity index (χ3v) is 2.74. The number of hydrogen-bond donors (Lipinski definition) is 3. The molecule has 0 radical (unpaired) electrons. The summed E-state index contributed by atoms with van der Waals surface area (Å²) in [5.74, 6) is -1.20. The van der Waals surface area contributed by atoms with Gasteiger partial charge in [0, 0.05) is 25.7 Å². The molecule has 0 bridgehead atoms. The van der Waals surface area contributed by atoms with Crippen molar-refractivity contribution in [3.05, 3.63) is 0 Å². The van der Waals surface area contributed by atoms with Crippen LogP contribution in [0.15, 0.2) is 0 Å². The van der Waals surface area contributed by atoms with Crippen molar-refractivity contribution in [1.29, 1.82) is 0 Å². The van der Waals surface area contributed by atoms with Gasteiger partial charge in [-0.2, -0.15) is 0 Å². The summed E-state index contributed by atoms with van der Waals surface area (Å²) in [5.41, 5.74) is 5.23. The predicted octanol–water partition coefficient (Wildman–Crippen LogP) is -1.57. The molecule has 4 N–H and O–H groups in total. The van der Waals surface area contributed by atoms with Gasteiger partial charge in [-0.1, -0.05) is 0 Å². The van der Waals surface area contributed by atoms with E-state index in [9.17, 15) is 9.59 Å². The Kier molecular flexibility index (Phi) is 5.21. The van der Waals surface area contributed by atoms with Crippen LogP contribution in [0, 0.1) is 0 Å². The van der Waals surface area contributed by atoms with Gasteiger partial charge in [-0.25, -0.2) is 0 Å². The number of nitrogens with one attached hydrogen (secondary N) is 1. The molecule has 1 rings (SSSR count). The number of amides is 2. The molecule has 6 heteroatoms. The van der Waals surface area contributed by atoms with Gasteiger partial charge in [0.15, 0.2) is 0 Å². The van der Waals surface area contributed by atoms with Crippen LogP contribution in [0.25, 0.3) is 0 Å². The third-order valence-electron chi connectivity index (χ3n) is 2.74. The minimum Gasteiger partial charge on any atom is -0.395 e. The summed E-state index contributed by atoms with van der Waals surface area (Å²) < 4.78 is 0. The highest BCUT2D eigenvalue weighted by atomic mass is 16.3. The molecule has 0 heterocycles. The average molecular weight is 229 g/mol. The molecule has 92 valence electrons. The summed E-state index contributed by atoms with van der Waals surface area (Å²) in [7, 11) is 0. The Morgan fingerprint density at radius 2 is 2.12 bits per heavy atom. The summed E-state index contributed by atoms with van der Waals surface area (Å²) in [5, 5.41) is 11.3. The smallest absolute Gasteiger partial charge is 0.312 e. The van der Waals surface area contributed by atoms with E-state index in [1.165, 1.54) is 4.90 Å². The van der Waals surface area contributed by atoms with Crippen molar-refractivity contribution in [3.8, 4) is 0 Å². The highest BCUT2D eigenvalue weighted by Gasteiger charge is 2.31. The molecule has 16 heavy (non-hydrogen) atoms. The van der Waals surface area contributed by atoms with E-state index in [1.807, 2.05) is 0 Å². The number of nitrogens with two attached hydrogens (primary N) is 1. The van der Waals surface area contributed by atoms with E-state index in [1.54, 1.807) is 0 Å². The van der Waals surface area contributed by atoms with Gasteiger partial charge in [0.1, 0.15) is 0 Å². The highest BCUT2D eigenvalue weighted by molar-refractivity contribution is 6.35. The van der Waals surface area contributed by atoms with Crippen molar-refractivity contribution in [2.75, 3.05) is 26.2 Å². The normalized spacial score (nSPS) is 15.4. The first-order valence-electron chi connectivity index (χ1n) is 5.60. The zero-order chi connectivity index (χ0) is 12.0. The molecule has 0 aromatic rings. The number of carbonyl (C=O) groups is 2. The van der Waals surface area contributed by atoms with Gasteiger partial charge >= 0.3 is 11.8 Å². The van der Waals surface area contributed by atoms with E-state index in [-0.39, 0.29) is 19.2 Å². The maximum absolute atomic E-state index is 11.7. The van der Waals surface area contributed by atoms with Crippen molar-refractivity contribution in [2.24, 2.45) is 5.73 Å². The quantitative estimate of drug-likeness (QED) is 0.496. The van der Waals surface area contributed by atoms with Crippen molar-refractivity contribution in [1.82, 2.24) is 10.2 Å². The van der Waals surface area contributed by atoms with Crippen molar-refractivity contribution in [3.63, 3.8) is 0 Å². The monoisotopic (exact) mass is 229 g/mol. The zero-order valence-corrected chi connectivity index (χ0v) is 9.32. The number of nitrogens with zero attached hydrogens (tertiary/aromatic N) is 1. The van der Waals surface area contributed by atoms with Crippen molar-refractivity contribution >= 4 is 11.8 Å². The van der Waals surface area contributed by atoms with E-state index in [0.29, 0.717) is 13.1 Å². The van der Waals surface area contributed by atoms with Crippen LogP contribution in [-0.4, -0.2) is 54.1 Å². The second kappa shape index (κ2) is 6.44. The lowest BCUT2D eigenvalue weighted by Gasteiger charge is -2.36. The first-order valence-corrected chi connectivity index (χ1v) is 5.60. The van der Waals surface area contributed by atoms with Crippen LogP contribution < -0.4 is 11.1 Å². The Balaban J connectivity index is 2.48. The molecule has 0 atom stereocenters. The minimum absolute atomic E-state index is 0.114. The molecule has 1 aliphatic carbocycles. The van der Waals surface area contributed by atoms with Crippen LogP contribution in [0.4, 0.5) is 0 Å². The standard InChI is InChI=1S/C10H19N3O3/c11-4-5-12-9(15)10(16)13(6-7-14)8-2-1-3-8/h8,14H,1-7,11H2,(H,12,15). The van der Waals surface area contributed by atoms with E-state index in [0.717, 1.165) is 19.3 Å². The second-order valence-corrected chi connectivity index (χ2v) is 3.85. The lowest BCUT2D eigenvalue weighted by Crippen LogP contribution is -2.51. The van der Waals surface area contributed by atoms with E-state index in [2.05, 4.69) is 5.32 Å². The Hall–Kier alpha value is -1.14. The number of rotatable bonds is 5. The average Bonchev–Trinajstić information content (AvgIpc) is 2.21. The van der Waals surface area contributed by atoms with Crippen LogP contribution in [0.5, 0.6) is 0 Å². The molecule has 0 aromatic carbocycles. The van der Waals surface area contributed by atoms with Crippen LogP contribution in [0.3, 0.4) is 0 Å². The molecule has 0 spiro atoms. The lowest BCUT2D eigenvalue weighted by atomic mass is 9.91. The van der Waals surface area contributed by atoms with Gasteiger partial charge in [0.25, 0.3) is 0 Å². The van der Waals surface area contributed by atoms with E-state index >= 15 is 0 Å². The Morgan fingerprint density at radius 3 is 2.56 bits per heavy atom. The molecule has 6 nitrogen and oxygen atoms in total. The maximum atomic E-state index is 11.7. The van der Waals surface area contributed by atoms with Gasteiger partial charge < -0.3 is 21.1 Å². The molecule has 0 unspecified atom stereocenters. The summed E-state index contributed by atoms with van der Waals surface area (Å²) in [6.45, 7) is 0.705. The maximum Gasteiger partial charge on any atom is 0.312 e. The molecule has 2 amide bonds. The molecule has 0 aromatic heterocycles. The molecular formula is C10H19N3O3. The summed E-state index contributed by atoms with van der Waals surface area (Å²) >= 11 is 0. The lowest BCUT2D eigenvalue weighted by molar-refractivity contribution is -0.149. The molecular weight excluding hydrogens is 210 g/mol. The number of aliphatic hydroxyl groups is 1. The number of aliphatic hydroxyl groups excluding tert-OH is 1. The van der Waals surface area contributed by atoms with Gasteiger partial charge in [-0.3, -0.25) is 9.59 Å². The fourth-order valence-corrected chi connectivity index (χ4v) is 1.65. The first kappa shape index (κ1) is 12.9. The highest BCUT2D eigenvalue weighted by Crippen LogP contribution is 2.24. The Bertz CT molecular complexity index is 254. The molecule has 1 aliphatic rings. The third kappa shape index (κ3) is 3.18. The van der Waals surface area contributed by atoms with Gasteiger partial charge in [-0.15, -0.1) is 0 Å². The van der Waals surface area contributed by atoms with Gasteiger partial charge in [0.2, 0.25) is 0 Å². The minimum atomic E-state index is -0.634. The molecule has 1 fully saturated rings. The fraction of sp³-hybridized carbons (Fsp3) is 0.800. The Labute approximate surface area is 94.8 Å². The molecule has 1 saturated carbocycles. The fourth-order valence-electron chi connectivity index (χ4n) is 1.65. The topological polar surface area (TPSA) is 95.7 Å². The van der Waals surface area contributed by atoms with E-state index < -0.39 is 11.8 Å². The van der Waals surface area contributed by atoms with Crippen LogP contribution in [0.1, 0.15) is 19.3 Å². The number of hydrogen-bond acceptors (Lipinski definition) is 4. The predicted molar refractivity (Wildman–Crippen MR) is 58.5 cm³/mol. The van der Waals surface area contributed by atoms with Gasteiger partial charge in [-0.05, 0) is 19.3 Å². The van der Waals surface area contributed by atoms with Crippen molar-refractivity contribution < 1.29 is 14.7 Å². The summed E-state index contributed by atoms with van der Waals surface area (Å²) in [6, 6.07) is 0.114. The van der Waals surface area contributed by atoms with E-state index in [4.69, 9.17) is 10.8 Å². The SMILES string of the molecule is NCCNC(=O)C(=O)N(CCO)C1CCC1. The van der Waals surface area contributed by atoms with Crippen LogP contribution in [0.2, 0.25) is 0 Å². The largest absolute Gasteiger partial charge is 0.395 e. The number of carbonyl (C=O) groups excluding carboxylic acids is 2. The van der Waals surface area contributed by atoms with Crippen LogP contribution in [-0.2, 0) is 9.59 Å². The first-order chi connectivity index (χ1) is 7.70. The van der Waals surface area contributed by atoms with Crippen LogP contribution >= 0.6 is 0 Å². The van der Waals surface area contributed by atoms with Crippen molar-refractivity contribution in [2.45, 2.75) is 25.3 Å². The Morgan fingerprint density at radius 1 is 1.44 bits per heavy atom.